The molecule has 75 heavy (non-hydrogen) atoms. The van der Waals surface area contributed by atoms with Crippen LogP contribution in [0.25, 0.3) is 0 Å². The third-order valence-electron chi connectivity index (χ3n) is 11.2. The van der Waals surface area contributed by atoms with Gasteiger partial charge in [0.05, 0.1) is 26.1 Å². The lowest BCUT2D eigenvalue weighted by atomic mass is 10.1. The van der Waals surface area contributed by atoms with Crippen LogP contribution in [-0.2, 0) is 52.5 Å². The SMILES string of the molecule is CC.CC.CCCCCCCCC.CCCCCCCCC(=O)O.CCCCCCCCC(=O)OCCCOC(=O)CCN(CCC(=O)OCC(COC=O)OC(=O)CCCCCCCC)C(=O)SCCCN(C)C. The molecule has 0 heterocycles. The average molecular weight is 1090 g/mol. The van der Waals surface area contributed by atoms with E-state index in [9.17, 15) is 33.6 Å². The van der Waals surface area contributed by atoms with E-state index in [0.717, 1.165) is 88.9 Å². The van der Waals surface area contributed by atoms with Crippen molar-refractivity contribution in [1.29, 1.82) is 0 Å². The molecule has 0 aliphatic rings. The van der Waals surface area contributed by atoms with Crippen LogP contribution in [0.1, 0.15) is 268 Å². The maximum absolute atomic E-state index is 13.0. The number of carboxylic acid groups (broad SMARTS) is 1. The number of carbonyl (C=O) groups is 7. The number of thioether (sulfide) groups is 1. The second kappa shape index (κ2) is 68.6. The fourth-order valence-corrected chi connectivity index (χ4v) is 7.72. The summed E-state index contributed by atoms with van der Waals surface area (Å²) in [6.07, 6.45) is 30.4. The van der Waals surface area contributed by atoms with Crippen molar-refractivity contribution in [2.45, 2.75) is 274 Å². The molecule has 16 heteroatoms. The Hall–Kier alpha value is -3.40. The number of esters is 4. The molecule has 1 unspecified atom stereocenters. The molecule has 0 rings (SSSR count). The summed E-state index contributed by atoms with van der Waals surface area (Å²) in [5.41, 5.74) is 0. The van der Waals surface area contributed by atoms with Gasteiger partial charge in [0, 0.05) is 44.5 Å². The van der Waals surface area contributed by atoms with Gasteiger partial charge in [0.2, 0.25) is 0 Å². The molecule has 0 aliphatic heterocycles. The summed E-state index contributed by atoms with van der Waals surface area (Å²) in [7, 11) is 3.89. The third-order valence-corrected chi connectivity index (χ3v) is 12.2. The second-order valence-corrected chi connectivity index (χ2v) is 19.5. The van der Waals surface area contributed by atoms with E-state index >= 15 is 0 Å². The molecule has 1 amide bonds. The smallest absolute Gasteiger partial charge is 0.307 e. The summed E-state index contributed by atoms with van der Waals surface area (Å²) in [6.45, 7) is 19.8. The number of hydrogen-bond acceptors (Lipinski definition) is 14. The maximum Gasteiger partial charge on any atom is 0.307 e. The lowest BCUT2D eigenvalue weighted by Gasteiger charge is -2.22. The Labute approximate surface area is 463 Å². The number of rotatable bonds is 47. The quantitative estimate of drug-likeness (QED) is 0.0262. The Kier molecular flexibility index (Phi) is 73.6. The summed E-state index contributed by atoms with van der Waals surface area (Å²) >= 11 is 1.11. The predicted octanol–water partition coefficient (Wildman–Crippen LogP) is 15.1. The van der Waals surface area contributed by atoms with E-state index in [2.05, 4.69) is 34.6 Å². The molecule has 1 atom stereocenters. The van der Waals surface area contributed by atoms with E-state index in [-0.39, 0.29) is 76.5 Å². The zero-order valence-electron chi connectivity index (χ0n) is 50.1. The number of amides is 1. The highest BCUT2D eigenvalue weighted by Gasteiger charge is 2.21. The van der Waals surface area contributed by atoms with E-state index in [4.69, 9.17) is 28.8 Å². The van der Waals surface area contributed by atoms with Gasteiger partial charge < -0.3 is 38.6 Å². The first-order chi connectivity index (χ1) is 36.3. The van der Waals surface area contributed by atoms with Gasteiger partial charge in [-0.15, -0.1) is 0 Å². The van der Waals surface area contributed by atoms with E-state index in [1.165, 1.54) is 94.8 Å². The van der Waals surface area contributed by atoms with E-state index in [0.29, 0.717) is 31.4 Å². The Balaban J connectivity index is -0.000000557. The number of aliphatic carboxylic acids is 1. The van der Waals surface area contributed by atoms with Crippen molar-refractivity contribution in [2.24, 2.45) is 0 Å². The number of carbonyl (C=O) groups excluding carboxylic acids is 6. The Morgan fingerprint density at radius 3 is 1.23 bits per heavy atom. The zero-order chi connectivity index (χ0) is 57.4. The van der Waals surface area contributed by atoms with Crippen molar-refractivity contribution in [3.8, 4) is 0 Å². The van der Waals surface area contributed by atoms with Crippen molar-refractivity contribution in [3.05, 3.63) is 0 Å². The topological polar surface area (TPSA) is 192 Å². The Morgan fingerprint density at radius 2 is 0.827 bits per heavy atom. The van der Waals surface area contributed by atoms with Crippen LogP contribution in [0.4, 0.5) is 4.79 Å². The molecular formula is C59H116N2O13S. The molecule has 0 bridgehead atoms. The van der Waals surface area contributed by atoms with Crippen LogP contribution in [-0.4, -0.2) is 128 Å². The summed E-state index contributed by atoms with van der Waals surface area (Å²) in [5.74, 6) is -1.94. The Bertz CT molecular complexity index is 1270. The lowest BCUT2D eigenvalue weighted by Crippen LogP contribution is -2.34. The van der Waals surface area contributed by atoms with Gasteiger partial charge in [-0.05, 0) is 46.3 Å². The number of carboxylic acids is 1. The first-order valence-electron chi connectivity index (χ1n) is 29.8. The first-order valence-corrected chi connectivity index (χ1v) is 30.8. The van der Waals surface area contributed by atoms with Gasteiger partial charge in [-0.3, -0.25) is 33.6 Å². The number of ether oxygens (including phenoxy) is 5. The molecule has 0 aromatic heterocycles. The average Bonchev–Trinajstić information content (AvgIpc) is 3.40. The van der Waals surface area contributed by atoms with Gasteiger partial charge in [0.15, 0.2) is 6.10 Å². The van der Waals surface area contributed by atoms with Crippen LogP contribution in [0.5, 0.6) is 0 Å². The summed E-state index contributed by atoms with van der Waals surface area (Å²) < 4.78 is 25.9. The molecule has 1 N–H and O–H groups in total. The number of hydrogen-bond donors (Lipinski definition) is 1. The van der Waals surface area contributed by atoms with Crippen LogP contribution in [0.3, 0.4) is 0 Å². The fraction of sp³-hybridized carbons (Fsp3) is 0.881. The van der Waals surface area contributed by atoms with E-state index in [1.807, 2.05) is 46.7 Å². The Morgan fingerprint density at radius 1 is 0.453 bits per heavy atom. The van der Waals surface area contributed by atoms with Crippen LogP contribution in [0.15, 0.2) is 0 Å². The highest BCUT2D eigenvalue weighted by Crippen LogP contribution is 2.14. The number of unbranched alkanes of at least 4 members (excludes halogenated alkanes) is 21. The standard InChI is InChI=1S/C37H66N2O11S.C9H18O2.C9H20.2C2H6/c1-5-7-9-11-13-15-19-33(41)47-26-18-27-48-34(42)21-24-39(37(45)51-28-17-23-38(3)4)25-22-35(43)49-30-32(29-46-31-40)50-36(44)20-16-14-12-10-8-6-2;1-2-3-4-5-6-7-8-9(10)11;1-3-5-7-9-8-6-4-2;2*1-2/h31-32H,5-30H2,1-4H3;2-8H2,1H3,(H,10,11);3-9H2,1-2H3;2*1-2H3. The second-order valence-electron chi connectivity index (χ2n) is 18.5. The van der Waals surface area contributed by atoms with Gasteiger partial charge in [-0.2, -0.15) is 0 Å². The van der Waals surface area contributed by atoms with Gasteiger partial charge in [-0.1, -0.05) is 215 Å². The zero-order valence-corrected chi connectivity index (χ0v) is 50.9. The van der Waals surface area contributed by atoms with Gasteiger partial charge in [-0.25, -0.2) is 0 Å². The minimum atomic E-state index is -0.949. The molecule has 0 radical (unpaired) electrons. The van der Waals surface area contributed by atoms with Crippen molar-refractivity contribution < 1.29 is 62.4 Å². The highest BCUT2D eigenvalue weighted by molar-refractivity contribution is 8.13. The van der Waals surface area contributed by atoms with Gasteiger partial charge in [0.1, 0.15) is 13.2 Å². The number of nitrogens with zero attached hydrogens (tertiary/aromatic N) is 2. The molecule has 0 aromatic rings. The molecule has 0 saturated heterocycles. The van der Waals surface area contributed by atoms with Crippen molar-refractivity contribution >= 4 is 53.3 Å². The molecule has 0 aromatic carbocycles. The predicted molar refractivity (Wildman–Crippen MR) is 309 cm³/mol. The maximum atomic E-state index is 13.0. The van der Waals surface area contributed by atoms with Crippen molar-refractivity contribution in [3.63, 3.8) is 0 Å². The van der Waals surface area contributed by atoms with Gasteiger partial charge >= 0.3 is 29.8 Å². The van der Waals surface area contributed by atoms with E-state index < -0.39 is 30.0 Å². The minimum absolute atomic E-state index is 0.00745. The summed E-state index contributed by atoms with van der Waals surface area (Å²) in [6, 6.07) is 0. The molecule has 446 valence electrons. The first kappa shape index (κ1) is 80.5. The fourth-order valence-electron chi connectivity index (χ4n) is 6.91. The van der Waals surface area contributed by atoms with Crippen molar-refractivity contribution in [1.82, 2.24) is 9.80 Å². The van der Waals surface area contributed by atoms with E-state index in [1.54, 1.807) is 0 Å². The van der Waals surface area contributed by atoms with Crippen LogP contribution in [0.2, 0.25) is 0 Å². The molecule has 0 spiro atoms. The molecule has 0 saturated carbocycles. The normalized spacial score (nSPS) is 10.6. The van der Waals surface area contributed by atoms with Crippen LogP contribution < -0.4 is 0 Å². The molecule has 0 fully saturated rings. The van der Waals surface area contributed by atoms with Crippen LogP contribution in [0, 0.1) is 0 Å². The van der Waals surface area contributed by atoms with Crippen LogP contribution >= 0.6 is 11.8 Å². The largest absolute Gasteiger partial charge is 0.481 e. The molecule has 0 aliphatic carbocycles. The summed E-state index contributed by atoms with van der Waals surface area (Å²) in [4.78, 5) is 86.5. The monoisotopic (exact) mass is 1090 g/mol. The lowest BCUT2D eigenvalue weighted by molar-refractivity contribution is -0.164. The summed E-state index contributed by atoms with van der Waals surface area (Å²) in [5, 5.41) is 8.05. The third kappa shape index (κ3) is 70.6. The highest BCUT2D eigenvalue weighted by atomic mass is 32.2. The van der Waals surface area contributed by atoms with Gasteiger partial charge in [0.25, 0.3) is 11.7 Å². The molecular weight excluding hydrogens is 977 g/mol. The minimum Gasteiger partial charge on any atom is -0.481 e. The van der Waals surface area contributed by atoms with Crippen molar-refractivity contribution in [2.75, 3.05) is 65.9 Å². The molecule has 15 nitrogen and oxygen atoms in total.